The number of nitrogens with zero attached hydrogens (tertiary/aromatic N) is 1. The van der Waals surface area contributed by atoms with Crippen molar-refractivity contribution in [3.63, 3.8) is 0 Å². The van der Waals surface area contributed by atoms with Crippen molar-refractivity contribution >= 4 is 17.5 Å². The Kier molecular flexibility index (Phi) is 6.08. The zero-order valence-corrected chi connectivity index (χ0v) is 15.1. The number of morpholine rings is 1. The number of carbonyl (C=O) groups excluding carboxylic acids is 1. The Bertz CT molecular complexity index is 695. The van der Waals surface area contributed by atoms with Crippen LogP contribution in [0, 0.1) is 6.92 Å². The minimum Gasteiger partial charge on any atom is -0.379 e. The zero-order valence-electron chi connectivity index (χ0n) is 14.4. The van der Waals surface area contributed by atoms with Gasteiger partial charge >= 0.3 is 0 Å². The SMILES string of the molecule is Cc1ccc(C(CNC(=O)c2ccc(Cl)cc2)N2CCOCC2)cc1. The third-order valence-corrected chi connectivity index (χ3v) is 4.76. The number of hydrogen-bond acceptors (Lipinski definition) is 3. The molecule has 1 unspecified atom stereocenters. The Labute approximate surface area is 153 Å². The van der Waals surface area contributed by atoms with Gasteiger partial charge in [0.1, 0.15) is 0 Å². The van der Waals surface area contributed by atoms with E-state index in [2.05, 4.69) is 41.4 Å². The maximum absolute atomic E-state index is 12.4. The number of hydrogen-bond donors (Lipinski definition) is 1. The molecule has 5 heteroatoms. The van der Waals surface area contributed by atoms with Crippen LogP contribution >= 0.6 is 11.6 Å². The third-order valence-electron chi connectivity index (χ3n) is 4.51. The maximum atomic E-state index is 12.4. The van der Waals surface area contributed by atoms with Gasteiger partial charge in [0.2, 0.25) is 0 Å². The standard InChI is InChI=1S/C20H23ClN2O2/c1-15-2-4-16(5-3-15)19(23-10-12-25-13-11-23)14-22-20(24)17-6-8-18(21)9-7-17/h2-9,19H,10-14H2,1H3,(H,22,24). The highest BCUT2D eigenvalue weighted by atomic mass is 35.5. The fourth-order valence-corrected chi connectivity index (χ4v) is 3.15. The van der Waals surface area contributed by atoms with Gasteiger partial charge in [-0.3, -0.25) is 9.69 Å². The predicted octanol–water partition coefficient (Wildman–Crippen LogP) is 3.45. The molecular formula is C20H23ClN2O2. The summed E-state index contributed by atoms with van der Waals surface area (Å²) >= 11 is 5.89. The van der Waals surface area contributed by atoms with Gasteiger partial charge in [-0.2, -0.15) is 0 Å². The molecule has 1 aliphatic rings. The van der Waals surface area contributed by atoms with Crippen molar-refractivity contribution in [1.82, 2.24) is 10.2 Å². The average molecular weight is 359 g/mol. The lowest BCUT2D eigenvalue weighted by Crippen LogP contribution is -2.43. The van der Waals surface area contributed by atoms with Crippen LogP contribution in [0.15, 0.2) is 48.5 Å². The van der Waals surface area contributed by atoms with Crippen molar-refractivity contribution in [2.45, 2.75) is 13.0 Å². The first-order valence-corrected chi connectivity index (χ1v) is 8.93. The second-order valence-corrected chi connectivity index (χ2v) is 6.73. The molecule has 25 heavy (non-hydrogen) atoms. The lowest BCUT2D eigenvalue weighted by atomic mass is 10.0. The van der Waals surface area contributed by atoms with E-state index in [4.69, 9.17) is 16.3 Å². The van der Waals surface area contributed by atoms with E-state index in [1.807, 2.05) is 0 Å². The molecule has 0 aromatic heterocycles. The Balaban J connectivity index is 1.71. The van der Waals surface area contributed by atoms with E-state index in [-0.39, 0.29) is 11.9 Å². The number of amides is 1. The highest BCUT2D eigenvalue weighted by Gasteiger charge is 2.23. The van der Waals surface area contributed by atoms with Crippen molar-refractivity contribution in [2.24, 2.45) is 0 Å². The minimum atomic E-state index is -0.0814. The summed E-state index contributed by atoms with van der Waals surface area (Å²) in [6.07, 6.45) is 0. The molecule has 0 radical (unpaired) electrons. The summed E-state index contributed by atoms with van der Waals surface area (Å²) in [6, 6.07) is 15.6. The molecule has 1 N–H and O–H groups in total. The molecule has 0 spiro atoms. The number of aryl methyl sites for hydroxylation is 1. The Morgan fingerprint density at radius 2 is 1.76 bits per heavy atom. The van der Waals surface area contributed by atoms with E-state index in [1.165, 1.54) is 11.1 Å². The van der Waals surface area contributed by atoms with Crippen molar-refractivity contribution in [3.8, 4) is 0 Å². The van der Waals surface area contributed by atoms with Crippen LogP contribution in [0.5, 0.6) is 0 Å². The maximum Gasteiger partial charge on any atom is 0.251 e. The number of rotatable bonds is 5. The smallest absolute Gasteiger partial charge is 0.251 e. The molecule has 1 fully saturated rings. The normalized spacial score (nSPS) is 16.4. The van der Waals surface area contributed by atoms with Gasteiger partial charge in [0.05, 0.1) is 19.3 Å². The van der Waals surface area contributed by atoms with Gasteiger partial charge < -0.3 is 10.1 Å². The number of carbonyl (C=O) groups is 1. The van der Waals surface area contributed by atoms with Crippen LogP contribution in [-0.2, 0) is 4.74 Å². The summed E-state index contributed by atoms with van der Waals surface area (Å²) < 4.78 is 5.47. The number of nitrogens with one attached hydrogen (secondary N) is 1. The molecule has 0 aliphatic carbocycles. The van der Waals surface area contributed by atoms with Gasteiger partial charge in [0, 0.05) is 30.2 Å². The van der Waals surface area contributed by atoms with Crippen LogP contribution in [-0.4, -0.2) is 43.7 Å². The van der Waals surface area contributed by atoms with E-state index in [9.17, 15) is 4.79 Å². The zero-order chi connectivity index (χ0) is 17.6. The Morgan fingerprint density at radius 3 is 2.40 bits per heavy atom. The first-order chi connectivity index (χ1) is 12.1. The average Bonchev–Trinajstić information content (AvgIpc) is 2.64. The van der Waals surface area contributed by atoms with E-state index in [0.717, 1.165) is 26.3 Å². The largest absolute Gasteiger partial charge is 0.379 e. The second kappa shape index (κ2) is 8.48. The predicted molar refractivity (Wildman–Crippen MR) is 100 cm³/mol. The molecule has 0 saturated carbocycles. The topological polar surface area (TPSA) is 41.6 Å². The first-order valence-electron chi connectivity index (χ1n) is 8.55. The molecule has 2 aromatic rings. The van der Waals surface area contributed by atoms with Crippen LogP contribution in [0.1, 0.15) is 27.5 Å². The molecule has 2 aromatic carbocycles. The summed E-state index contributed by atoms with van der Waals surface area (Å²) in [5, 5.41) is 3.69. The van der Waals surface area contributed by atoms with Crippen molar-refractivity contribution in [1.29, 1.82) is 0 Å². The van der Waals surface area contributed by atoms with Gasteiger partial charge in [-0.25, -0.2) is 0 Å². The lowest BCUT2D eigenvalue weighted by Gasteiger charge is -2.35. The highest BCUT2D eigenvalue weighted by Crippen LogP contribution is 2.22. The number of ether oxygens (including phenoxy) is 1. The molecule has 0 bridgehead atoms. The molecular weight excluding hydrogens is 336 g/mol. The Morgan fingerprint density at radius 1 is 1.12 bits per heavy atom. The van der Waals surface area contributed by atoms with E-state index >= 15 is 0 Å². The summed E-state index contributed by atoms with van der Waals surface area (Å²) in [5.74, 6) is -0.0814. The number of halogens is 1. The monoisotopic (exact) mass is 358 g/mol. The fourth-order valence-electron chi connectivity index (χ4n) is 3.03. The van der Waals surface area contributed by atoms with E-state index < -0.39 is 0 Å². The minimum absolute atomic E-state index is 0.0814. The van der Waals surface area contributed by atoms with Crippen molar-refractivity contribution in [2.75, 3.05) is 32.8 Å². The van der Waals surface area contributed by atoms with Gasteiger partial charge in [0.25, 0.3) is 5.91 Å². The summed E-state index contributed by atoms with van der Waals surface area (Å²) in [4.78, 5) is 14.8. The van der Waals surface area contributed by atoms with Crippen molar-refractivity contribution < 1.29 is 9.53 Å². The fraction of sp³-hybridized carbons (Fsp3) is 0.350. The molecule has 1 aliphatic heterocycles. The van der Waals surface area contributed by atoms with Gasteiger partial charge in [0.15, 0.2) is 0 Å². The molecule has 1 amide bonds. The van der Waals surface area contributed by atoms with E-state index in [1.54, 1.807) is 24.3 Å². The summed E-state index contributed by atoms with van der Waals surface area (Å²) in [6.45, 7) is 5.84. The Hall–Kier alpha value is -1.88. The summed E-state index contributed by atoms with van der Waals surface area (Å²) in [7, 11) is 0. The van der Waals surface area contributed by atoms with Crippen LogP contribution in [0.2, 0.25) is 5.02 Å². The van der Waals surface area contributed by atoms with Crippen LogP contribution < -0.4 is 5.32 Å². The molecule has 132 valence electrons. The van der Waals surface area contributed by atoms with Gasteiger partial charge in [-0.1, -0.05) is 41.4 Å². The highest BCUT2D eigenvalue weighted by molar-refractivity contribution is 6.30. The molecule has 3 rings (SSSR count). The molecule has 4 nitrogen and oxygen atoms in total. The third kappa shape index (κ3) is 4.82. The second-order valence-electron chi connectivity index (χ2n) is 6.29. The lowest BCUT2D eigenvalue weighted by molar-refractivity contribution is 0.0162. The van der Waals surface area contributed by atoms with Crippen molar-refractivity contribution in [3.05, 3.63) is 70.2 Å². The number of benzene rings is 2. The molecule has 1 saturated heterocycles. The molecule has 1 atom stereocenters. The van der Waals surface area contributed by atoms with Crippen LogP contribution in [0.3, 0.4) is 0 Å². The van der Waals surface area contributed by atoms with Gasteiger partial charge in [-0.05, 0) is 36.8 Å². The quantitative estimate of drug-likeness (QED) is 0.890. The molecule has 1 heterocycles. The van der Waals surface area contributed by atoms with E-state index in [0.29, 0.717) is 17.1 Å². The van der Waals surface area contributed by atoms with Crippen LogP contribution in [0.4, 0.5) is 0 Å². The van der Waals surface area contributed by atoms with Gasteiger partial charge in [-0.15, -0.1) is 0 Å². The first kappa shape index (κ1) is 17.9. The summed E-state index contributed by atoms with van der Waals surface area (Å²) in [5.41, 5.74) is 3.06. The van der Waals surface area contributed by atoms with Crippen LogP contribution in [0.25, 0.3) is 0 Å².